The van der Waals surface area contributed by atoms with Gasteiger partial charge in [0.1, 0.15) is 11.5 Å². The molecule has 2 aromatic rings. The lowest BCUT2D eigenvalue weighted by Crippen LogP contribution is -1.96. The van der Waals surface area contributed by atoms with Crippen LogP contribution in [0.15, 0.2) is 42.5 Å². The topological polar surface area (TPSA) is 58.6 Å². The molecule has 0 spiro atoms. The number of anilines is 1. The predicted molar refractivity (Wildman–Crippen MR) is 98.0 cm³/mol. The van der Waals surface area contributed by atoms with Crippen LogP contribution in [0.1, 0.15) is 34.8 Å². The fraction of sp³-hybridized carbons (Fsp3) is 0.250. The number of benzene rings is 2. The number of allylic oxidation sites excluding steroid dienone is 1. The van der Waals surface area contributed by atoms with Crippen LogP contribution in [-0.4, -0.2) is 25.0 Å². The van der Waals surface area contributed by atoms with Gasteiger partial charge >= 0.3 is 0 Å². The molecule has 2 N–H and O–H groups in total. The monoisotopic (exact) mass is 325 g/mol. The van der Waals surface area contributed by atoms with E-state index in [0.29, 0.717) is 11.3 Å². The molecule has 0 amide bonds. The zero-order valence-corrected chi connectivity index (χ0v) is 14.3. The van der Waals surface area contributed by atoms with Gasteiger partial charge in [-0.15, -0.1) is 0 Å². The van der Waals surface area contributed by atoms with Gasteiger partial charge in [0.05, 0.1) is 7.11 Å². The van der Waals surface area contributed by atoms with E-state index in [1.54, 1.807) is 31.4 Å². The van der Waals surface area contributed by atoms with Crippen LogP contribution in [0.4, 0.5) is 5.69 Å². The van der Waals surface area contributed by atoms with Gasteiger partial charge in [0.25, 0.3) is 0 Å². The molecule has 0 radical (unpaired) electrons. The quantitative estimate of drug-likeness (QED) is 0.589. The number of phenolic OH excluding ortho intramolecular Hbond substituents is 1. The van der Waals surface area contributed by atoms with Gasteiger partial charge in [0.15, 0.2) is 5.78 Å². The third-order valence-corrected chi connectivity index (χ3v) is 3.82. The van der Waals surface area contributed by atoms with Gasteiger partial charge in [0, 0.05) is 29.9 Å². The maximum Gasteiger partial charge on any atom is 0.185 e. The smallest absolute Gasteiger partial charge is 0.185 e. The van der Waals surface area contributed by atoms with Crippen LogP contribution >= 0.6 is 0 Å². The molecule has 0 bridgehead atoms. The molecule has 0 aliphatic carbocycles. The second kappa shape index (κ2) is 8.20. The Morgan fingerprint density at radius 1 is 1.25 bits per heavy atom. The van der Waals surface area contributed by atoms with E-state index in [9.17, 15) is 9.90 Å². The SMILES string of the molecule is CCCc1cc(/C=C/C(=O)c2ccc(NC)cc2)c(OC)cc1O. The number of carbonyl (C=O) groups is 1. The molecule has 126 valence electrons. The fourth-order valence-corrected chi connectivity index (χ4v) is 2.47. The van der Waals surface area contributed by atoms with Crippen molar-refractivity contribution in [3.8, 4) is 11.5 Å². The van der Waals surface area contributed by atoms with Gasteiger partial charge in [-0.25, -0.2) is 0 Å². The van der Waals surface area contributed by atoms with Gasteiger partial charge in [-0.2, -0.15) is 0 Å². The lowest BCUT2D eigenvalue weighted by Gasteiger charge is -2.10. The minimum Gasteiger partial charge on any atom is -0.508 e. The summed E-state index contributed by atoms with van der Waals surface area (Å²) in [6.07, 6.45) is 4.96. The first-order valence-corrected chi connectivity index (χ1v) is 7.99. The van der Waals surface area contributed by atoms with E-state index in [-0.39, 0.29) is 11.5 Å². The molecule has 24 heavy (non-hydrogen) atoms. The molecule has 0 atom stereocenters. The van der Waals surface area contributed by atoms with Crippen molar-refractivity contribution < 1.29 is 14.6 Å². The van der Waals surface area contributed by atoms with Crippen LogP contribution in [0.3, 0.4) is 0 Å². The summed E-state index contributed by atoms with van der Waals surface area (Å²) < 4.78 is 5.30. The standard InChI is InChI=1S/C20H23NO3/c1-4-5-15-12-16(20(24-3)13-19(15)23)8-11-18(22)14-6-9-17(21-2)10-7-14/h6-13,21,23H,4-5H2,1-3H3/b11-8+. The number of nitrogens with one attached hydrogen (secondary N) is 1. The largest absolute Gasteiger partial charge is 0.508 e. The molecule has 0 aliphatic heterocycles. The normalized spacial score (nSPS) is 10.8. The molecule has 0 aromatic heterocycles. The first kappa shape index (κ1) is 17.6. The number of ketones is 1. The van der Waals surface area contributed by atoms with Crippen LogP contribution in [-0.2, 0) is 6.42 Å². The number of carbonyl (C=O) groups excluding carboxylic acids is 1. The van der Waals surface area contributed by atoms with E-state index >= 15 is 0 Å². The summed E-state index contributed by atoms with van der Waals surface area (Å²) in [5, 5.41) is 13.0. The van der Waals surface area contributed by atoms with Gasteiger partial charge in [-0.1, -0.05) is 13.3 Å². The van der Waals surface area contributed by atoms with Gasteiger partial charge in [-0.3, -0.25) is 4.79 Å². The minimum absolute atomic E-state index is 0.0789. The van der Waals surface area contributed by atoms with E-state index in [0.717, 1.165) is 29.7 Å². The molecule has 0 unspecified atom stereocenters. The van der Waals surface area contributed by atoms with E-state index in [1.165, 1.54) is 6.08 Å². The molecule has 4 heteroatoms. The van der Waals surface area contributed by atoms with Crippen molar-refractivity contribution in [2.24, 2.45) is 0 Å². The molecule has 2 rings (SSSR count). The maximum absolute atomic E-state index is 12.3. The molecule has 0 saturated carbocycles. The van der Waals surface area contributed by atoms with Crippen molar-refractivity contribution in [3.63, 3.8) is 0 Å². The number of hydrogen-bond acceptors (Lipinski definition) is 4. The number of aryl methyl sites for hydroxylation is 1. The van der Waals surface area contributed by atoms with Crippen molar-refractivity contribution >= 4 is 17.5 Å². The van der Waals surface area contributed by atoms with Crippen LogP contribution in [0.25, 0.3) is 6.08 Å². The Morgan fingerprint density at radius 2 is 1.96 bits per heavy atom. The van der Waals surface area contributed by atoms with E-state index in [2.05, 4.69) is 12.2 Å². The molecular formula is C20H23NO3. The van der Waals surface area contributed by atoms with Gasteiger partial charge in [-0.05, 0) is 54.5 Å². The third kappa shape index (κ3) is 4.16. The zero-order valence-electron chi connectivity index (χ0n) is 14.3. The Labute approximate surface area is 142 Å². The number of methoxy groups -OCH3 is 1. The summed E-state index contributed by atoms with van der Waals surface area (Å²) in [4.78, 5) is 12.3. The molecule has 0 saturated heterocycles. The van der Waals surface area contributed by atoms with E-state index in [1.807, 2.05) is 25.2 Å². The average Bonchev–Trinajstić information content (AvgIpc) is 2.61. The molecule has 0 aliphatic rings. The highest BCUT2D eigenvalue weighted by Crippen LogP contribution is 2.30. The van der Waals surface area contributed by atoms with Crippen molar-refractivity contribution in [3.05, 3.63) is 59.2 Å². The van der Waals surface area contributed by atoms with E-state index in [4.69, 9.17) is 4.74 Å². The first-order valence-electron chi connectivity index (χ1n) is 7.99. The summed E-state index contributed by atoms with van der Waals surface area (Å²) in [7, 11) is 3.38. The lowest BCUT2D eigenvalue weighted by atomic mass is 10.0. The van der Waals surface area contributed by atoms with Crippen molar-refractivity contribution in [1.29, 1.82) is 0 Å². The Balaban J connectivity index is 2.25. The third-order valence-electron chi connectivity index (χ3n) is 3.82. The van der Waals surface area contributed by atoms with Crippen LogP contribution in [0, 0.1) is 0 Å². The summed E-state index contributed by atoms with van der Waals surface area (Å²) in [6, 6.07) is 10.8. The Hall–Kier alpha value is -2.75. The second-order valence-corrected chi connectivity index (χ2v) is 5.50. The highest BCUT2D eigenvalue weighted by molar-refractivity contribution is 6.07. The summed E-state index contributed by atoms with van der Waals surface area (Å²) >= 11 is 0. The first-order chi connectivity index (χ1) is 11.6. The van der Waals surface area contributed by atoms with Crippen molar-refractivity contribution in [2.45, 2.75) is 19.8 Å². The summed E-state index contributed by atoms with van der Waals surface area (Å²) in [5.74, 6) is 0.687. The lowest BCUT2D eigenvalue weighted by molar-refractivity contribution is 0.104. The highest BCUT2D eigenvalue weighted by Gasteiger charge is 2.08. The average molecular weight is 325 g/mol. The molecular weight excluding hydrogens is 302 g/mol. The number of hydrogen-bond donors (Lipinski definition) is 2. The Kier molecular flexibility index (Phi) is 6.01. The van der Waals surface area contributed by atoms with Crippen molar-refractivity contribution in [1.82, 2.24) is 0 Å². The van der Waals surface area contributed by atoms with Gasteiger partial charge in [0.2, 0.25) is 0 Å². The summed E-state index contributed by atoms with van der Waals surface area (Å²) in [6.45, 7) is 2.05. The highest BCUT2D eigenvalue weighted by atomic mass is 16.5. The molecule has 2 aromatic carbocycles. The zero-order chi connectivity index (χ0) is 17.5. The number of aromatic hydroxyl groups is 1. The maximum atomic E-state index is 12.3. The summed E-state index contributed by atoms with van der Waals surface area (Å²) in [5.41, 5.74) is 3.21. The van der Waals surface area contributed by atoms with Gasteiger partial charge < -0.3 is 15.2 Å². The van der Waals surface area contributed by atoms with Crippen LogP contribution < -0.4 is 10.1 Å². The molecule has 0 heterocycles. The minimum atomic E-state index is -0.0789. The molecule has 4 nitrogen and oxygen atoms in total. The molecule has 0 fully saturated rings. The Bertz CT molecular complexity index is 733. The fourth-order valence-electron chi connectivity index (χ4n) is 2.47. The van der Waals surface area contributed by atoms with Crippen LogP contribution in [0.5, 0.6) is 11.5 Å². The number of rotatable bonds is 7. The van der Waals surface area contributed by atoms with E-state index < -0.39 is 0 Å². The van der Waals surface area contributed by atoms with Crippen LogP contribution in [0.2, 0.25) is 0 Å². The number of ether oxygens (including phenoxy) is 1. The number of phenols is 1. The van der Waals surface area contributed by atoms with Crippen molar-refractivity contribution in [2.75, 3.05) is 19.5 Å². The predicted octanol–water partition coefficient (Wildman–Crippen LogP) is 4.29. The Morgan fingerprint density at radius 3 is 2.54 bits per heavy atom. The second-order valence-electron chi connectivity index (χ2n) is 5.50.